The average Bonchev–Trinajstić information content (AvgIpc) is 2.85. The van der Waals surface area contributed by atoms with E-state index < -0.39 is 12.1 Å². The number of carbonyl (C=O) groups is 2. The van der Waals surface area contributed by atoms with Gasteiger partial charge >= 0.3 is 11.9 Å². The van der Waals surface area contributed by atoms with Crippen LogP contribution in [0.3, 0.4) is 0 Å². The van der Waals surface area contributed by atoms with Crippen molar-refractivity contribution < 1.29 is 19.4 Å². The SMILES string of the molecule is CC(=O)OC(CCc1c(C)cccc1C(=O)O)c1cccc(C=Cc2ccc3ccc(Cl)cc3n2)c1. The Morgan fingerprint density at radius 2 is 1.81 bits per heavy atom. The highest BCUT2D eigenvalue weighted by Crippen LogP contribution is 2.27. The number of esters is 1. The monoisotopic (exact) mass is 499 g/mol. The Morgan fingerprint density at radius 1 is 1.03 bits per heavy atom. The number of carboxylic acid groups (broad SMARTS) is 1. The second kappa shape index (κ2) is 11.2. The fourth-order valence-electron chi connectivity index (χ4n) is 4.25. The molecule has 36 heavy (non-hydrogen) atoms. The summed E-state index contributed by atoms with van der Waals surface area (Å²) in [6, 6.07) is 22.6. The summed E-state index contributed by atoms with van der Waals surface area (Å²) in [5.74, 6) is -1.35. The molecule has 0 aliphatic heterocycles. The highest BCUT2D eigenvalue weighted by atomic mass is 35.5. The van der Waals surface area contributed by atoms with Crippen molar-refractivity contribution in [1.29, 1.82) is 0 Å². The zero-order valence-corrected chi connectivity index (χ0v) is 20.8. The lowest BCUT2D eigenvalue weighted by Gasteiger charge is -2.19. The summed E-state index contributed by atoms with van der Waals surface area (Å²) < 4.78 is 5.64. The van der Waals surface area contributed by atoms with E-state index in [1.54, 1.807) is 12.1 Å². The molecule has 6 heteroatoms. The van der Waals surface area contributed by atoms with Crippen molar-refractivity contribution in [3.63, 3.8) is 0 Å². The normalized spacial score (nSPS) is 12.1. The van der Waals surface area contributed by atoms with Gasteiger partial charge in [0.1, 0.15) is 6.10 Å². The number of carbonyl (C=O) groups excluding carboxylic acids is 1. The van der Waals surface area contributed by atoms with Gasteiger partial charge < -0.3 is 9.84 Å². The third-order valence-corrected chi connectivity index (χ3v) is 6.25. The number of halogens is 1. The number of carboxylic acids is 1. The van der Waals surface area contributed by atoms with E-state index in [0.717, 1.165) is 38.9 Å². The van der Waals surface area contributed by atoms with Crippen LogP contribution in [-0.4, -0.2) is 22.0 Å². The zero-order valence-electron chi connectivity index (χ0n) is 20.1. The molecule has 0 saturated carbocycles. The van der Waals surface area contributed by atoms with Gasteiger partial charge in [-0.1, -0.05) is 60.1 Å². The number of hydrogen-bond donors (Lipinski definition) is 1. The van der Waals surface area contributed by atoms with Crippen molar-refractivity contribution in [2.45, 2.75) is 32.8 Å². The summed E-state index contributed by atoms with van der Waals surface area (Å²) in [7, 11) is 0. The Bertz CT molecular complexity index is 1460. The van der Waals surface area contributed by atoms with Crippen LogP contribution >= 0.6 is 11.6 Å². The van der Waals surface area contributed by atoms with Crippen LogP contribution in [0.15, 0.2) is 72.8 Å². The topological polar surface area (TPSA) is 76.5 Å². The molecule has 0 aliphatic rings. The molecule has 0 spiro atoms. The van der Waals surface area contributed by atoms with Crippen molar-refractivity contribution in [3.8, 4) is 0 Å². The maximum Gasteiger partial charge on any atom is 0.335 e. The number of aromatic carboxylic acids is 1. The number of rotatable bonds is 8. The molecule has 4 aromatic rings. The number of ether oxygens (including phenoxy) is 1. The summed E-state index contributed by atoms with van der Waals surface area (Å²) in [5, 5.41) is 11.2. The first-order chi connectivity index (χ1) is 17.3. The van der Waals surface area contributed by atoms with Gasteiger partial charge in [-0.25, -0.2) is 9.78 Å². The summed E-state index contributed by atoms with van der Waals surface area (Å²) in [6.45, 7) is 3.27. The molecule has 0 amide bonds. The van der Waals surface area contributed by atoms with Crippen molar-refractivity contribution in [2.24, 2.45) is 0 Å². The minimum absolute atomic E-state index is 0.275. The van der Waals surface area contributed by atoms with Gasteiger partial charge in [-0.05, 0) is 78.4 Å². The first kappa shape index (κ1) is 25.1. The number of aryl methyl sites for hydroxylation is 1. The molecule has 0 bridgehead atoms. The summed E-state index contributed by atoms with van der Waals surface area (Å²) >= 11 is 6.10. The largest absolute Gasteiger partial charge is 0.478 e. The van der Waals surface area contributed by atoms with Crippen LogP contribution in [0.25, 0.3) is 23.1 Å². The number of fused-ring (bicyclic) bond motifs is 1. The van der Waals surface area contributed by atoms with Gasteiger partial charge in [0, 0.05) is 17.3 Å². The smallest absolute Gasteiger partial charge is 0.335 e. The molecule has 5 nitrogen and oxygen atoms in total. The number of aromatic nitrogens is 1. The van der Waals surface area contributed by atoms with E-state index in [1.807, 2.05) is 79.7 Å². The highest BCUT2D eigenvalue weighted by Gasteiger charge is 2.18. The fraction of sp³-hybridized carbons (Fsp3) is 0.167. The molecule has 1 N–H and O–H groups in total. The molecule has 1 unspecified atom stereocenters. The molecule has 0 saturated heterocycles. The number of nitrogens with zero attached hydrogens (tertiary/aromatic N) is 1. The highest BCUT2D eigenvalue weighted by molar-refractivity contribution is 6.31. The zero-order chi connectivity index (χ0) is 25.7. The Morgan fingerprint density at radius 3 is 2.58 bits per heavy atom. The van der Waals surface area contributed by atoms with Crippen LogP contribution in [0.1, 0.15) is 57.8 Å². The molecule has 1 aromatic heterocycles. The van der Waals surface area contributed by atoms with E-state index in [0.29, 0.717) is 17.9 Å². The maximum atomic E-state index is 11.9. The fourth-order valence-corrected chi connectivity index (χ4v) is 4.41. The molecule has 3 aromatic carbocycles. The minimum atomic E-state index is -0.963. The maximum absolute atomic E-state index is 11.9. The van der Waals surface area contributed by atoms with Crippen molar-refractivity contribution in [1.82, 2.24) is 4.98 Å². The first-order valence-corrected chi connectivity index (χ1v) is 12.0. The molecule has 182 valence electrons. The van der Waals surface area contributed by atoms with Crippen LogP contribution in [0, 0.1) is 6.92 Å². The Balaban J connectivity index is 1.56. The predicted molar refractivity (Wildman–Crippen MR) is 143 cm³/mol. The standard InChI is InChI=1S/C30H26ClNO4/c1-19-5-3-8-27(30(34)35)26(19)15-16-29(36-20(2)33)23-7-4-6-21(17-23)9-13-25-14-11-22-10-12-24(31)18-28(22)32-25/h3-14,17-18,29H,15-16H2,1-2H3,(H,34,35). The summed E-state index contributed by atoms with van der Waals surface area (Å²) in [4.78, 5) is 28.2. The third-order valence-electron chi connectivity index (χ3n) is 6.01. The summed E-state index contributed by atoms with van der Waals surface area (Å²) in [5.41, 5.74) is 5.32. The van der Waals surface area contributed by atoms with E-state index in [-0.39, 0.29) is 11.5 Å². The average molecular weight is 500 g/mol. The van der Waals surface area contributed by atoms with Crippen molar-refractivity contribution >= 4 is 46.6 Å². The van der Waals surface area contributed by atoms with Crippen molar-refractivity contribution in [2.75, 3.05) is 0 Å². The van der Waals surface area contributed by atoms with Gasteiger partial charge in [-0.3, -0.25) is 4.79 Å². The van der Waals surface area contributed by atoms with E-state index >= 15 is 0 Å². The van der Waals surface area contributed by atoms with E-state index in [4.69, 9.17) is 16.3 Å². The molecule has 4 rings (SSSR count). The van der Waals surface area contributed by atoms with Gasteiger partial charge in [0.2, 0.25) is 0 Å². The van der Waals surface area contributed by atoms with Crippen LogP contribution in [0.4, 0.5) is 0 Å². The molecule has 1 heterocycles. The number of pyridine rings is 1. The van der Waals surface area contributed by atoms with Gasteiger partial charge in [0.15, 0.2) is 0 Å². The molecular weight excluding hydrogens is 474 g/mol. The van der Waals surface area contributed by atoms with Gasteiger partial charge in [0.05, 0.1) is 16.8 Å². The van der Waals surface area contributed by atoms with E-state index in [2.05, 4.69) is 4.98 Å². The Labute approximate surface area is 215 Å². The Hall–Kier alpha value is -3.96. The molecule has 0 fully saturated rings. The van der Waals surface area contributed by atoms with Crippen LogP contribution < -0.4 is 0 Å². The molecular formula is C30H26ClNO4. The molecule has 0 radical (unpaired) electrons. The molecule has 1 atom stereocenters. The second-order valence-electron chi connectivity index (χ2n) is 8.62. The van der Waals surface area contributed by atoms with Gasteiger partial charge in [0.25, 0.3) is 0 Å². The predicted octanol–water partition coefficient (Wildman–Crippen LogP) is 7.30. The van der Waals surface area contributed by atoms with Crippen molar-refractivity contribution in [3.05, 3.63) is 111 Å². The lowest BCUT2D eigenvalue weighted by Crippen LogP contribution is -2.12. The van der Waals surface area contributed by atoms with Gasteiger partial charge in [-0.2, -0.15) is 0 Å². The lowest BCUT2D eigenvalue weighted by molar-refractivity contribution is -0.147. The minimum Gasteiger partial charge on any atom is -0.478 e. The van der Waals surface area contributed by atoms with Gasteiger partial charge in [-0.15, -0.1) is 0 Å². The van der Waals surface area contributed by atoms with E-state index in [1.165, 1.54) is 6.92 Å². The number of hydrogen-bond acceptors (Lipinski definition) is 4. The Kier molecular flexibility index (Phi) is 7.81. The molecule has 0 aliphatic carbocycles. The quantitative estimate of drug-likeness (QED) is 0.257. The van der Waals surface area contributed by atoms with Crippen LogP contribution in [0.5, 0.6) is 0 Å². The third kappa shape index (κ3) is 6.18. The first-order valence-electron chi connectivity index (χ1n) is 11.6. The van der Waals surface area contributed by atoms with Crippen LogP contribution in [-0.2, 0) is 16.0 Å². The second-order valence-corrected chi connectivity index (χ2v) is 9.06. The summed E-state index contributed by atoms with van der Waals surface area (Å²) in [6.07, 6.45) is 4.31. The number of benzene rings is 3. The van der Waals surface area contributed by atoms with Crippen LogP contribution in [0.2, 0.25) is 5.02 Å². The van der Waals surface area contributed by atoms with E-state index in [9.17, 15) is 14.7 Å². The lowest BCUT2D eigenvalue weighted by atomic mass is 9.94.